The van der Waals surface area contributed by atoms with Crippen LogP contribution in [0.3, 0.4) is 0 Å². The van der Waals surface area contributed by atoms with Crippen LogP contribution in [0.15, 0.2) is 30.3 Å². The zero-order valence-electron chi connectivity index (χ0n) is 16.7. The van der Waals surface area contributed by atoms with Crippen LogP contribution >= 0.6 is 0 Å². The van der Waals surface area contributed by atoms with E-state index in [0.717, 1.165) is 53.3 Å². The van der Waals surface area contributed by atoms with Crippen LogP contribution in [0, 0.1) is 13.8 Å². The smallest absolute Gasteiger partial charge is 0.272 e. The predicted molar refractivity (Wildman–Crippen MR) is 106 cm³/mol. The van der Waals surface area contributed by atoms with Gasteiger partial charge in [0.05, 0.1) is 24.5 Å². The van der Waals surface area contributed by atoms with Crippen molar-refractivity contribution < 1.29 is 9.53 Å². The average Bonchev–Trinajstić information content (AvgIpc) is 3.42. The Morgan fingerprint density at radius 3 is 2.64 bits per heavy atom. The first-order chi connectivity index (χ1) is 13.5. The SMILES string of the molecule is COc1ccc(C2CCCN2C(=O)c2cc(-c3c(C)nn(C)c3C)n[nH]2)cc1. The molecule has 1 fully saturated rings. The number of H-pyrrole nitrogens is 1. The summed E-state index contributed by atoms with van der Waals surface area (Å²) in [5.41, 5.74) is 5.31. The van der Waals surface area contributed by atoms with Crippen molar-refractivity contribution in [1.29, 1.82) is 0 Å². The Balaban J connectivity index is 1.59. The molecule has 0 saturated carbocycles. The van der Waals surface area contributed by atoms with Crippen LogP contribution in [0.1, 0.15) is 46.3 Å². The maximum absolute atomic E-state index is 13.2. The molecule has 1 aromatic carbocycles. The summed E-state index contributed by atoms with van der Waals surface area (Å²) in [5, 5.41) is 11.8. The molecule has 1 saturated heterocycles. The van der Waals surface area contributed by atoms with Crippen LogP contribution in [0.5, 0.6) is 5.75 Å². The van der Waals surface area contributed by atoms with Gasteiger partial charge in [0.15, 0.2) is 0 Å². The molecular weight excluding hydrogens is 354 g/mol. The van der Waals surface area contributed by atoms with E-state index in [9.17, 15) is 4.79 Å². The molecule has 28 heavy (non-hydrogen) atoms. The molecule has 3 heterocycles. The number of methoxy groups -OCH3 is 1. The Labute approximate surface area is 164 Å². The second kappa shape index (κ2) is 7.14. The van der Waals surface area contributed by atoms with Crippen molar-refractivity contribution in [2.24, 2.45) is 7.05 Å². The molecule has 0 spiro atoms. The molecule has 1 atom stereocenters. The summed E-state index contributed by atoms with van der Waals surface area (Å²) in [4.78, 5) is 15.1. The molecule has 3 aromatic rings. The molecule has 0 aliphatic carbocycles. The van der Waals surface area contributed by atoms with Crippen LogP contribution < -0.4 is 4.74 Å². The topological polar surface area (TPSA) is 76.0 Å². The van der Waals surface area contributed by atoms with Gasteiger partial charge in [-0.15, -0.1) is 0 Å². The first kappa shape index (κ1) is 18.3. The Morgan fingerprint density at radius 1 is 1.25 bits per heavy atom. The second-order valence-corrected chi connectivity index (χ2v) is 7.27. The third-order valence-corrected chi connectivity index (χ3v) is 5.59. The number of hydrogen-bond donors (Lipinski definition) is 1. The molecule has 2 aromatic heterocycles. The normalized spacial score (nSPS) is 16.6. The lowest BCUT2D eigenvalue weighted by molar-refractivity contribution is 0.0729. The second-order valence-electron chi connectivity index (χ2n) is 7.27. The summed E-state index contributed by atoms with van der Waals surface area (Å²) in [6.45, 7) is 4.71. The molecule has 146 valence electrons. The van der Waals surface area contributed by atoms with E-state index in [0.29, 0.717) is 5.69 Å². The molecule has 4 rings (SSSR count). The fourth-order valence-electron chi connectivity index (χ4n) is 4.04. The molecule has 1 aliphatic heterocycles. The molecule has 1 aliphatic rings. The van der Waals surface area contributed by atoms with E-state index in [4.69, 9.17) is 4.74 Å². The van der Waals surface area contributed by atoms with Crippen LogP contribution in [0.4, 0.5) is 0 Å². The van der Waals surface area contributed by atoms with Crippen molar-refractivity contribution in [2.45, 2.75) is 32.7 Å². The van der Waals surface area contributed by atoms with Gasteiger partial charge in [-0.1, -0.05) is 12.1 Å². The first-order valence-electron chi connectivity index (χ1n) is 9.50. The standard InChI is InChI=1S/C21H25N5O2/c1-13-20(14(2)25(3)24-13)17-12-18(23-22-17)21(27)26-11-5-6-19(26)15-7-9-16(28-4)10-8-15/h7-10,12,19H,5-6,11H2,1-4H3,(H,22,23). The molecule has 0 bridgehead atoms. The molecule has 1 unspecified atom stereocenters. The molecule has 7 nitrogen and oxygen atoms in total. The number of likely N-dealkylation sites (tertiary alicyclic amines) is 1. The number of carbonyl (C=O) groups excluding carboxylic acids is 1. The van der Waals surface area contributed by atoms with E-state index in [1.807, 2.05) is 60.8 Å². The highest BCUT2D eigenvalue weighted by molar-refractivity contribution is 5.94. The van der Waals surface area contributed by atoms with Gasteiger partial charge in [-0.3, -0.25) is 14.6 Å². The number of hydrogen-bond acceptors (Lipinski definition) is 4. The number of aryl methyl sites for hydroxylation is 2. The Bertz CT molecular complexity index is 1000. The van der Waals surface area contributed by atoms with E-state index in [1.165, 1.54) is 0 Å². The number of ether oxygens (including phenoxy) is 1. The molecule has 7 heteroatoms. The molecular formula is C21H25N5O2. The molecule has 1 amide bonds. The fourth-order valence-corrected chi connectivity index (χ4v) is 4.04. The quantitative estimate of drug-likeness (QED) is 0.754. The van der Waals surface area contributed by atoms with Gasteiger partial charge in [0.25, 0.3) is 5.91 Å². The molecule has 0 radical (unpaired) electrons. The highest BCUT2D eigenvalue weighted by Gasteiger charge is 2.31. The van der Waals surface area contributed by atoms with Gasteiger partial charge in [-0.25, -0.2) is 0 Å². The summed E-state index contributed by atoms with van der Waals surface area (Å²) in [6.07, 6.45) is 1.95. The van der Waals surface area contributed by atoms with Gasteiger partial charge in [0.1, 0.15) is 11.4 Å². The number of benzene rings is 1. The van der Waals surface area contributed by atoms with Crippen molar-refractivity contribution in [3.63, 3.8) is 0 Å². The van der Waals surface area contributed by atoms with Crippen LogP contribution in [-0.4, -0.2) is 44.4 Å². The number of nitrogens with one attached hydrogen (secondary N) is 1. The molecule has 1 N–H and O–H groups in total. The lowest BCUT2D eigenvalue weighted by Crippen LogP contribution is -2.30. The maximum atomic E-state index is 13.2. The van der Waals surface area contributed by atoms with Crippen molar-refractivity contribution >= 4 is 5.91 Å². The van der Waals surface area contributed by atoms with Crippen LogP contribution in [0.25, 0.3) is 11.3 Å². The fraction of sp³-hybridized carbons (Fsp3) is 0.381. The summed E-state index contributed by atoms with van der Waals surface area (Å²) in [5.74, 6) is 0.802. The minimum Gasteiger partial charge on any atom is -0.497 e. The number of nitrogens with zero attached hydrogens (tertiary/aromatic N) is 4. The van der Waals surface area contributed by atoms with Crippen LogP contribution in [0.2, 0.25) is 0 Å². The van der Waals surface area contributed by atoms with Gasteiger partial charge < -0.3 is 9.64 Å². The Kier molecular flexibility index (Phi) is 4.66. The number of rotatable bonds is 4. The first-order valence-corrected chi connectivity index (χ1v) is 9.50. The predicted octanol–water partition coefficient (Wildman–Crippen LogP) is 3.41. The third kappa shape index (κ3) is 3.06. The zero-order chi connectivity index (χ0) is 19.8. The van der Waals surface area contributed by atoms with E-state index < -0.39 is 0 Å². The Morgan fingerprint density at radius 2 is 2.00 bits per heavy atom. The zero-order valence-corrected chi connectivity index (χ0v) is 16.7. The number of amides is 1. The highest BCUT2D eigenvalue weighted by atomic mass is 16.5. The van der Waals surface area contributed by atoms with Gasteiger partial charge >= 0.3 is 0 Å². The highest BCUT2D eigenvalue weighted by Crippen LogP contribution is 2.34. The lowest BCUT2D eigenvalue weighted by Gasteiger charge is -2.24. The van der Waals surface area contributed by atoms with E-state index >= 15 is 0 Å². The largest absolute Gasteiger partial charge is 0.497 e. The summed E-state index contributed by atoms with van der Waals surface area (Å²) in [6, 6.07) is 9.87. The van der Waals surface area contributed by atoms with Gasteiger partial charge in [0, 0.05) is 24.8 Å². The van der Waals surface area contributed by atoms with E-state index in [-0.39, 0.29) is 11.9 Å². The minimum atomic E-state index is -0.0173. The van der Waals surface area contributed by atoms with Crippen molar-refractivity contribution in [3.8, 4) is 17.0 Å². The lowest BCUT2D eigenvalue weighted by atomic mass is 10.0. The van der Waals surface area contributed by atoms with Gasteiger partial charge in [-0.2, -0.15) is 10.2 Å². The van der Waals surface area contributed by atoms with Gasteiger partial charge in [0.2, 0.25) is 0 Å². The third-order valence-electron chi connectivity index (χ3n) is 5.59. The number of aromatic nitrogens is 4. The van der Waals surface area contributed by atoms with Crippen molar-refractivity contribution in [3.05, 3.63) is 53.0 Å². The minimum absolute atomic E-state index is 0.0173. The van der Waals surface area contributed by atoms with Crippen molar-refractivity contribution in [1.82, 2.24) is 24.9 Å². The van der Waals surface area contributed by atoms with Gasteiger partial charge in [-0.05, 0) is 50.5 Å². The number of aromatic amines is 1. The monoisotopic (exact) mass is 379 g/mol. The Hall–Kier alpha value is -3.09. The maximum Gasteiger partial charge on any atom is 0.272 e. The summed E-state index contributed by atoms with van der Waals surface area (Å²) < 4.78 is 7.07. The average molecular weight is 379 g/mol. The van der Waals surface area contributed by atoms with Crippen molar-refractivity contribution in [2.75, 3.05) is 13.7 Å². The van der Waals surface area contributed by atoms with Crippen LogP contribution in [-0.2, 0) is 7.05 Å². The van der Waals surface area contributed by atoms with E-state index in [1.54, 1.807) is 7.11 Å². The van der Waals surface area contributed by atoms with E-state index in [2.05, 4.69) is 15.3 Å². The summed E-state index contributed by atoms with van der Waals surface area (Å²) in [7, 11) is 3.57. The number of carbonyl (C=O) groups is 1. The summed E-state index contributed by atoms with van der Waals surface area (Å²) >= 11 is 0.